The molecule has 0 fully saturated rings. The Hall–Kier alpha value is -0.830. The monoisotopic (exact) mass is 240 g/mol. The molecule has 0 atom stereocenters. The minimum Gasteiger partial charge on any atom is -0.398 e. The number of pyridine rings is 1. The van der Waals surface area contributed by atoms with Gasteiger partial charge >= 0.3 is 0 Å². The van der Waals surface area contributed by atoms with Gasteiger partial charge in [0.15, 0.2) is 0 Å². The maximum atomic E-state index is 5.80. The molecule has 13 heavy (non-hydrogen) atoms. The lowest BCUT2D eigenvalue weighted by molar-refractivity contribution is 1.25. The molecule has 70 valence electrons. The molecule has 2 N–H and O–H groups in total. The summed E-state index contributed by atoms with van der Waals surface area (Å²) in [6.45, 7) is 2.05. The summed E-state index contributed by atoms with van der Waals surface area (Å²) >= 11 is 3.38. The SMILES string of the molecule is CC(=CCCBr)c1cnccc1N. The van der Waals surface area contributed by atoms with Crippen molar-refractivity contribution in [1.82, 2.24) is 4.98 Å². The van der Waals surface area contributed by atoms with Gasteiger partial charge in [0.25, 0.3) is 0 Å². The number of nitrogen functional groups attached to an aromatic ring is 1. The van der Waals surface area contributed by atoms with Gasteiger partial charge in [0, 0.05) is 29.0 Å². The van der Waals surface area contributed by atoms with E-state index in [1.165, 1.54) is 5.57 Å². The summed E-state index contributed by atoms with van der Waals surface area (Å²) in [5.41, 5.74) is 8.81. The van der Waals surface area contributed by atoms with E-state index >= 15 is 0 Å². The van der Waals surface area contributed by atoms with Gasteiger partial charge in [0.05, 0.1) is 0 Å². The number of aromatic nitrogens is 1. The number of allylic oxidation sites excluding steroid dienone is 2. The molecule has 0 aromatic carbocycles. The van der Waals surface area contributed by atoms with Crippen molar-refractivity contribution in [1.29, 1.82) is 0 Å². The molecule has 0 bridgehead atoms. The van der Waals surface area contributed by atoms with Gasteiger partial charge < -0.3 is 5.73 Å². The quantitative estimate of drug-likeness (QED) is 0.826. The van der Waals surface area contributed by atoms with Crippen LogP contribution < -0.4 is 5.73 Å². The third-order valence-electron chi connectivity index (χ3n) is 1.84. The average molecular weight is 241 g/mol. The lowest BCUT2D eigenvalue weighted by atomic mass is 10.1. The Morgan fingerprint density at radius 2 is 2.46 bits per heavy atom. The zero-order valence-electron chi connectivity index (χ0n) is 7.63. The van der Waals surface area contributed by atoms with E-state index < -0.39 is 0 Å². The molecular weight excluding hydrogens is 228 g/mol. The molecule has 0 aliphatic heterocycles. The van der Waals surface area contributed by atoms with E-state index in [1.54, 1.807) is 12.4 Å². The topological polar surface area (TPSA) is 38.9 Å². The molecule has 1 aromatic heterocycles. The Bertz CT molecular complexity index is 308. The summed E-state index contributed by atoms with van der Waals surface area (Å²) in [5.74, 6) is 0. The first-order valence-electron chi connectivity index (χ1n) is 4.18. The molecule has 0 aliphatic carbocycles. The molecule has 3 heteroatoms. The van der Waals surface area contributed by atoms with Crippen LogP contribution in [0.25, 0.3) is 5.57 Å². The van der Waals surface area contributed by atoms with E-state index in [2.05, 4.69) is 33.9 Å². The van der Waals surface area contributed by atoms with E-state index in [4.69, 9.17) is 5.73 Å². The smallest absolute Gasteiger partial charge is 0.0421 e. The van der Waals surface area contributed by atoms with Crippen LogP contribution in [0.15, 0.2) is 24.5 Å². The van der Waals surface area contributed by atoms with Crippen LogP contribution in [-0.4, -0.2) is 10.3 Å². The summed E-state index contributed by atoms with van der Waals surface area (Å²) in [6, 6.07) is 1.82. The molecule has 1 heterocycles. The number of alkyl halides is 1. The predicted octanol–water partition coefficient (Wildman–Crippen LogP) is 2.85. The summed E-state index contributed by atoms with van der Waals surface area (Å²) in [7, 11) is 0. The Morgan fingerprint density at radius 1 is 1.69 bits per heavy atom. The normalized spacial score (nSPS) is 11.7. The summed E-state index contributed by atoms with van der Waals surface area (Å²) < 4.78 is 0. The number of halogens is 1. The van der Waals surface area contributed by atoms with E-state index in [1.807, 2.05) is 6.07 Å². The zero-order valence-corrected chi connectivity index (χ0v) is 9.21. The van der Waals surface area contributed by atoms with Crippen molar-refractivity contribution >= 4 is 27.2 Å². The Kier molecular flexibility index (Phi) is 3.96. The molecule has 0 saturated heterocycles. The van der Waals surface area contributed by atoms with Gasteiger partial charge in [-0.25, -0.2) is 0 Å². The highest BCUT2D eigenvalue weighted by Crippen LogP contribution is 2.19. The van der Waals surface area contributed by atoms with Gasteiger partial charge in [0.1, 0.15) is 0 Å². The van der Waals surface area contributed by atoms with Crippen molar-refractivity contribution in [3.63, 3.8) is 0 Å². The molecule has 0 radical (unpaired) electrons. The van der Waals surface area contributed by atoms with Gasteiger partial charge in [-0.3, -0.25) is 4.98 Å². The predicted molar refractivity (Wildman–Crippen MR) is 60.7 cm³/mol. The maximum absolute atomic E-state index is 5.80. The number of rotatable bonds is 3. The van der Waals surface area contributed by atoms with E-state index in [0.29, 0.717) is 0 Å². The van der Waals surface area contributed by atoms with Gasteiger partial charge in [-0.15, -0.1) is 0 Å². The lowest BCUT2D eigenvalue weighted by Gasteiger charge is -2.03. The number of hydrogen-bond donors (Lipinski definition) is 1. The van der Waals surface area contributed by atoms with Gasteiger partial charge in [0.2, 0.25) is 0 Å². The van der Waals surface area contributed by atoms with Crippen LogP contribution in [0.5, 0.6) is 0 Å². The number of nitrogens with two attached hydrogens (primary N) is 1. The summed E-state index contributed by atoms with van der Waals surface area (Å²) in [6.07, 6.45) is 6.67. The first-order valence-corrected chi connectivity index (χ1v) is 5.30. The Morgan fingerprint density at radius 3 is 3.08 bits per heavy atom. The summed E-state index contributed by atoms with van der Waals surface area (Å²) in [4.78, 5) is 4.04. The molecule has 0 aliphatic rings. The first kappa shape index (κ1) is 10.3. The van der Waals surface area contributed by atoms with Crippen LogP contribution in [0.3, 0.4) is 0 Å². The minimum absolute atomic E-state index is 0.790. The standard InChI is InChI=1S/C10H13BrN2/c1-8(3-2-5-11)9-7-13-6-4-10(9)12/h3-4,6-7H,2,5H2,1H3,(H2,12,13). The van der Waals surface area contributed by atoms with Crippen molar-refractivity contribution in [2.45, 2.75) is 13.3 Å². The second kappa shape index (κ2) is 5.02. The lowest BCUT2D eigenvalue weighted by Crippen LogP contribution is -1.92. The second-order valence-electron chi connectivity index (χ2n) is 2.83. The average Bonchev–Trinajstić information content (AvgIpc) is 2.15. The third-order valence-corrected chi connectivity index (χ3v) is 2.30. The first-order chi connectivity index (χ1) is 6.25. The van der Waals surface area contributed by atoms with Crippen LogP contribution in [0.2, 0.25) is 0 Å². The van der Waals surface area contributed by atoms with E-state index in [-0.39, 0.29) is 0 Å². The van der Waals surface area contributed by atoms with Crippen LogP contribution in [0, 0.1) is 0 Å². The molecule has 1 rings (SSSR count). The fourth-order valence-electron chi connectivity index (χ4n) is 1.12. The van der Waals surface area contributed by atoms with Crippen molar-refractivity contribution in [3.8, 4) is 0 Å². The second-order valence-corrected chi connectivity index (χ2v) is 3.62. The Balaban J connectivity index is 2.88. The van der Waals surface area contributed by atoms with E-state index in [0.717, 1.165) is 23.0 Å². The molecule has 1 aromatic rings. The van der Waals surface area contributed by atoms with Crippen molar-refractivity contribution in [2.24, 2.45) is 0 Å². The Labute approximate surface area is 87.0 Å². The molecule has 0 saturated carbocycles. The van der Waals surface area contributed by atoms with Gasteiger partial charge in [-0.05, 0) is 25.0 Å². The van der Waals surface area contributed by atoms with Crippen LogP contribution in [0.4, 0.5) is 5.69 Å². The summed E-state index contributed by atoms with van der Waals surface area (Å²) in [5, 5.41) is 0.977. The fraction of sp³-hybridized carbons (Fsp3) is 0.300. The van der Waals surface area contributed by atoms with Crippen molar-refractivity contribution < 1.29 is 0 Å². The van der Waals surface area contributed by atoms with Gasteiger partial charge in [-0.2, -0.15) is 0 Å². The highest BCUT2D eigenvalue weighted by Gasteiger charge is 1.99. The molecular formula is C10H13BrN2. The molecule has 0 amide bonds. The van der Waals surface area contributed by atoms with Crippen molar-refractivity contribution in [3.05, 3.63) is 30.1 Å². The van der Waals surface area contributed by atoms with E-state index in [9.17, 15) is 0 Å². The van der Waals surface area contributed by atoms with Gasteiger partial charge in [-0.1, -0.05) is 22.0 Å². The highest BCUT2D eigenvalue weighted by molar-refractivity contribution is 9.09. The fourth-order valence-corrected chi connectivity index (χ4v) is 1.34. The number of anilines is 1. The van der Waals surface area contributed by atoms with Crippen LogP contribution in [0.1, 0.15) is 18.9 Å². The highest BCUT2D eigenvalue weighted by atomic mass is 79.9. The minimum atomic E-state index is 0.790. The number of hydrogen-bond acceptors (Lipinski definition) is 2. The zero-order chi connectivity index (χ0) is 9.68. The van der Waals surface area contributed by atoms with Crippen molar-refractivity contribution in [2.75, 3.05) is 11.1 Å². The maximum Gasteiger partial charge on any atom is 0.0421 e. The van der Waals surface area contributed by atoms with Crippen LogP contribution >= 0.6 is 15.9 Å². The molecule has 0 spiro atoms. The largest absolute Gasteiger partial charge is 0.398 e. The third kappa shape index (κ3) is 2.84. The van der Waals surface area contributed by atoms with Crippen LogP contribution in [-0.2, 0) is 0 Å². The molecule has 2 nitrogen and oxygen atoms in total. The molecule has 0 unspecified atom stereocenters. The number of nitrogens with zero attached hydrogens (tertiary/aromatic N) is 1.